The van der Waals surface area contributed by atoms with Gasteiger partial charge in [0.1, 0.15) is 0 Å². The van der Waals surface area contributed by atoms with Crippen molar-refractivity contribution in [3.05, 3.63) is 30.1 Å². The number of guanidine groups is 1. The molecule has 0 aliphatic rings. The molecule has 0 unspecified atom stereocenters. The molecule has 0 aliphatic heterocycles. The van der Waals surface area contributed by atoms with Crippen LogP contribution in [0.5, 0.6) is 0 Å². The van der Waals surface area contributed by atoms with Crippen LogP contribution in [-0.4, -0.2) is 36.0 Å². The fraction of sp³-hybridized carbons (Fsp3) is 0.533. The van der Waals surface area contributed by atoms with Gasteiger partial charge in [0.05, 0.1) is 12.2 Å². The van der Waals surface area contributed by atoms with Gasteiger partial charge in [-0.2, -0.15) is 0 Å². The van der Waals surface area contributed by atoms with E-state index >= 15 is 0 Å². The first-order valence-corrected chi connectivity index (χ1v) is 7.33. The van der Waals surface area contributed by atoms with E-state index in [0.717, 1.165) is 12.2 Å². The Morgan fingerprint density at radius 1 is 1.32 bits per heavy atom. The van der Waals surface area contributed by atoms with Gasteiger partial charge in [-0.25, -0.2) is 4.99 Å². The molecular formula is C15H26IN5O. The smallest absolute Gasteiger partial charge is 0.221 e. The molecule has 0 spiro atoms. The van der Waals surface area contributed by atoms with Gasteiger partial charge in [0.15, 0.2) is 5.96 Å². The Morgan fingerprint density at radius 2 is 2.09 bits per heavy atom. The second kappa shape index (κ2) is 12.2. The highest BCUT2D eigenvalue weighted by atomic mass is 127. The van der Waals surface area contributed by atoms with Gasteiger partial charge < -0.3 is 16.0 Å². The topological polar surface area (TPSA) is 78.4 Å². The average molecular weight is 419 g/mol. The fourth-order valence-electron chi connectivity index (χ4n) is 1.68. The maximum Gasteiger partial charge on any atom is 0.221 e. The number of nitrogens with zero attached hydrogens (tertiary/aromatic N) is 2. The zero-order valence-electron chi connectivity index (χ0n) is 13.4. The molecule has 0 radical (unpaired) electrons. The summed E-state index contributed by atoms with van der Waals surface area (Å²) in [7, 11) is 0. The highest BCUT2D eigenvalue weighted by Crippen LogP contribution is 1.95. The van der Waals surface area contributed by atoms with Crippen molar-refractivity contribution >= 4 is 35.8 Å². The Hall–Kier alpha value is -1.38. The largest absolute Gasteiger partial charge is 0.357 e. The lowest BCUT2D eigenvalue weighted by molar-refractivity contribution is -0.121. The quantitative estimate of drug-likeness (QED) is 0.357. The van der Waals surface area contributed by atoms with Gasteiger partial charge in [0.25, 0.3) is 0 Å². The number of carbonyl (C=O) groups is 1. The molecule has 7 heteroatoms. The normalized spacial score (nSPS) is 10.8. The standard InChI is InChI=1S/C15H25N5O.HI/c1-4-16-15(18-10-8-14(21)20-12(2)3)19-11-13-7-5-6-9-17-13;/h5-7,9,12H,4,8,10-11H2,1-3H3,(H,20,21)(H2,16,18,19);1H. The van der Waals surface area contributed by atoms with Gasteiger partial charge in [-0.05, 0) is 32.9 Å². The molecule has 3 N–H and O–H groups in total. The molecule has 0 saturated carbocycles. The Balaban J connectivity index is 0.00000441. The van der Waals surface area contributed by atoms with Crippen molar-refractivity contribution in [3.8, 4) is 0 Å². The lowest BCUT2D eigenvalue weighted by Crippen LogP contribution is -2.40. The van der Waals surface area contributed by atoms with E-state index in [1.54, 1.807) is 6.20 Å². The first-order chi connectivity index (χ1) is 10.1. The third-order valence-corrected chi connectivity index (χ3v) is 2.56. The summed E-state index contributed by atoms with van der Waals surface area (Å²) in [5.41, 5.74) is 0.909. The molecule has 0 bridgehead atoms. The van der Waals surface area contributed by atoms with Crippen LogP contribution in [0.2, 0.25) is 0 Å². The number of nitrogens with one attached hydrogen (secondary N) is 3. The van der Waals surface area contributed by atoms with E-state index < -0.39 is 0 Å². The number of hydrogen-bond acceptors (Lipinski definition) is 3. The zero-order valence-corrected chi connectivity index (χ0v) is 15.8. The van der Waals surface area contributed by atoms with Gasteiger partial charge in [-0.15, -0.1) is 24.0 Å². The second-order valence-electron chi connectivity index (χ2n) is 4.92. The summed E-state index contributed by atoms with van der Waals surface area (Å²) >= 11 is 0. The molecule has 0 aromatic carbocycles. The van der Waals surface area contributed by atoms with Gasteiger partial charge in [0.2, 0.25) is 5.91 Å². The number of aromatic nitrogens is 1. The number of hydrogen-bond donors (Lipinski definition) is 3. The minimum absolute atomic E-state index is 0. The molecule has 1 rings (SSSR count). The molecule has 22 heavy (non-hydrogen) atoms. The SMILES string of the molecule is CCNC(=NCc1ccccn1)NCCC(=O)NC(C)C.I. The monoisotopic (exact) mass is 419 g/mol. The number of halogens is 1. The first kappa shape index (κ1) is 20.6. The number of rotatable bonds is 7. The van der Waals surface area contributed by atoms with E-state index in [9.17, 15) is 4.79 Å². The molecule has 0 saturated heterocycles. The molecule has 1 heterocycles. The van der Waals surface area contributed by atoms with E-state index in [1.165, 1.54) is 0 Å². The van der Waals surface area contributed by atoms with Crippen molar-refractivity contribution in [2.75, 3.05) is 13.1 Å². The molecule has 6 nitrogen and oxygen atoms in total. The third kappa shape index (κ3) is 9.54. The maximum atomic E-state index is 11.6. The average Bonchev–Trinajstić information content (AvgIpc) is 2.45. The predicted molar refractivity (Wildman–Crippen MR) is 100 cm³/mol. The van der Waals surface area contributed by atoms with Crippen molar-refractivity contribution in [3.63, 3.8) is 0 Å². The Bertz CT molecular complexity index is 451. The van der Waals surface area contributed by atoms with Crippen LogP contribution in [0.4, 0.5) is 0 Å². The van der Waals surface area contributed by atoms with Crippen LogP contribution in [0.15, 0.2) is 29.4 Å². The van der Waals surface area contributed by atoms with Crippen LogP contribution in [0.25, 0.3) is 0 Å². The van der Waals surface area contributed by atoms with Crippen LogP contribution in [0.1, 0.15) is 32.9 Å². The van der Waals surface area contributed by atoms with Crippen molar-refractivity contribution in [2.24, 2.45) is 4.99 Å². The molecule has 0 fully saturated rings. The van der Waals surface area contributed by atoms with E-state index in [-0.39, 0.29) is 35.9 Å². The number of amides is 1. The van der Waals surface area contributed by atoms with E-state index in [1.807, 2.05) is 39.0 Å². The van der Waals surface area contributed by atoms with Crippen molar-refractivity contribution < 1.29 is 4.79 Å². The molecule has 0 aliphatic carbocycles. The Labute approximate surface area is 149 Å². The lowest BCUT2D eigenvalue weighted by Gasteiger charge is -2.12. The van der Waals surface area contributed by atoms with Gasteiger partial charge in [-0.3, -0.25) is 9.78 Å². The second-order valence-corrected chi connectivity index (χ2v) is 4.92. The Morgan fingerprint density at radius 3 is 2.68 bits per heavy atom. The van der Waals surface area contributed by atoms with Crippen LogP contribution < -0.4 is 16.0 Å². The summed E-state index contributed by atoms with van der Waals surface area (Å²) in [6.07, 6.45) is 2.17. The summed E-state index contributed by atoms with van der Waals surface area (Å²) in [4.78, 5) is 20.2. The zero-order chi connectivity index (χ0) is 15.5. The van der Waals surface area contributed by atoms with E-state index in [2.05, 4.69) is 25.9 Å². The van der Waals surface area contributed by atoms with E-state index in [4.69, 9.17) is 0 Å². The summed E-state index contributed by atoms with van der Waals surface area (Å²) in [6.45, 7) is 7.73. The van der Waals surface area contributed by atoms with Crippen LogP contribution in [-0.2, 0) is 11.3 Å². The maximum absolute atomic E-state index is 11.6. The lowest BCUT2D eigenvalue weighted by atomic mass is 10.3. The van der Waals surface area contributed by atoms with Crippen LogP contribution >= 0.6 is 24.0 Å². The minimum atomic E-state index is 0. The highest BCUT2D eigenvalue weighted by Gasteiger charge is 2.04. The van der Waals surface area contributed by atoms with Crippen molar-refractivity contribution in [1.82, 2.24) is 20.9 Å². The number of pyridine rings is 1. The molecule has 0 atom stereocenters. The summed E-state index contributed by atoms with van der Waals surface area (Å²) in [5.74, 6) is 0.735. The van der Waals surface area contributed by atoms with E-state index in [0.29, 0.717) is 25.5 Å². The Kier molecular flexibility index (Phi) is 11.4. The molecule has 124 valence electrons. The fourth-order valence-corrected chi connectivity index (χ4v) is 1.68. The summed E-state index contributed by atoms with van der Waals surface area (Å²) in [5, 5.41) is 9.15. The van der Waals surface area contributed by atoms with Gasteiger partial charge in [-0.1, -0.05) is 6.07 Å². The predicted octanol–water partition coefficient (Wildman–Crippen LogP) is 1.67. The molecule has 1 amide bonds. The molecule has 1 aromatic rings. The first-order valence-electron chi connectivity index (χ1n) is 7.33. The van der Waals surface area contributed by atoms with Crippen molar-refractivity contribution in [2.45, 2.75) is 39.8 Å². The molecule has 1 aromatic heterocycles. The molecular weight excluding hydrogens is 393 g/mol. The van der Waals surface area contributed by atoms with Crippen molar-refractivity contribution in [1.29, 1.82) is 0 Å². The highest BCUT2D eigenvalue weighted by molar-refractivity contribution is 14.0. The van der Waals surface area contributed by atoms with Crippen LogP contribution in [0, 0.1) is 0 Å². The van der Waals surface area contributed by atoms with Gasteiger partial charge >= 0.3 is 0 Å². The summed E-state index contributed by atoms with van der Waals surface area (Å²) < 4.78 is 0. The minimum Gasteiger partial charge on any atom is -0.357 e. The van der Waals surface area contributed by atoms with Crippen LogP contribution in [0.3, 0.4) is 0 Å². The number of aliphatic imine (C=N–C) groups is 1. The number of carbonyl (C=O) groups excluding carboxylic acids is 1. The summed E-state index contributed by atoms with van der Waals surface area (Å²) in [6, 6.07) is 5.92. The third-order valence-electron chi connectivity index (χ3n) is 2.56. The van der Waals surface area contributed by atoms with Gasteiger partial charge in [0, 0.05) is 31.7 Å².